The van der Waals surface area contributed by atoms with Crippen molar-refractivity contribution in [2.24, 2.45) is 0 Å². The summed E-state index contributed by atoms with van der Waals surface area (Å²) in [6, 6.07) is 4.63. The molecule has 1 N–H and O–H groups in total. The molecule has 8 heteroatoms. The Hall–Kier alpha value is -2.28. The first-order valence-electron chi connectivity index (χ1n) is 6.62. The van der Waals surface area contributed by atoms with Crippen molar-refractivity contribution in [3.05, 3.63) is 23.2 Å². The van der Waals surface area contributed by atoms with Gasteiger partial charge < -0.3 is 15.1 Å². The first-order chi connectivity index (χ1) is 10.3. The van der Waals surface area contributed by atoms with Gasteiger partial charge in [0.05, 0.1) is 10.7 Å². The lowest BCUT2D eigenvalue weighted by Crippen LogP contribution is -2.38. The first-order valence-corrected chi connectivity index (χ1v) is 6.99. The Kier molecular flexibility index (Phi) is 4.56. The number of benzene rings is 1. The molecule has 0 aromatic heterocycles. The molecular weight excluding hydrogens is 308 g/mol. The van der Waals surface area contributed by atoms with Crippen LogP contribution in [0.1, 0.15) is 0 Å². The van der Waals surface area contributed by atoms with Crippen LogP contribution in [0.2, 0.25) is 5.02 Å². The molecule has 118 valence electrons. The molecule has 1 aromatic rings. The van der Waals surface area contributed by atoms with E-state index in [1.54, 1.807) is 18.2 Å². The summed E-state index contributed by atoms with van der Waals surface area (Å²) in [5, 5.41) is 3.12. The number of halogens is 1. The molecule has 0 saturated carbocycles. The Morgan fingerprint density at radius 3 is 2.55 bits per heavy atom. The molecule has 0 aliphatic carbocycles. The Morgan fingerprint density at radius 2 is 2.05 bits per heavy atom. The summed E-state index contributed by atoms with van der Waals surface area (Å²) in [5.41, 5.74) is 1.33. The number of rotatable bonds is 4. The molecule has 22 heavy (non-hydrogen) atoms. The molecule has 0 bridgehead atoms. The van der Waals surface area contributed by atoms with Gasteiger partial charge in [0.25, 0.3) is 5.91 Å². The molecule has 1 aliphatic heterocycles. The van der Waals surface area contributed by atoms with Crippen LogP contribution in [0.3, 0.4) is 0 Å². The standard InChI is InChI=1S/C14H17ClN4O3/c1-17(2)11-5-4-9(6-10(11)15)16-12(20)7-19-13(21)8-18(3)14(19)22/h4-6H,7-8H2,1-3H3,(H,16,20). The fraction of sp³-hybridized carbons (Fsp3) is 0.357. The SMILES string of the molecule is CN1CC(=O)N(CC(=O)Nc2ccc(N(C)C)c(Cl)c2)C1=O. The maximum atomic E-state index is 12.0. The average Bonchev–Trinajstić information content (AvgIpc) is 2.65. The number of urea groups is 1. The van der Waals surface area contributed by atoms with Crippen LogP contribution in [0, 0.1) is 0 Å². The summed E-state index contributed by atoms with van der Waals surface area (Å²) in [5.74, 6) is -0.839. The average molecular weight is 325 g/mol. The molecule has 0 atom stereocenters. The van der Waals surface area contributed by atoms with Crippen LogP contribution in [0.5, 0.6) is 0 Å². The van der Waals surface area contributed by atoms with Gasteiger partial charge in [0, 0.05) is 26.8 Å². The van der Waals surface area contributed by atoms with Crippen LogP contribution in [0.25, 0.3) is 0 Å². The van der Waals surface area contributed by atoms with Crippen molar-refractivity contribution in [2.75, 3.05) is 44.4 Å². The Labute approximate surface area is 133 Å². The lowest BCUT2D eigenvalue weighted by Gasteiger charge is -2.16. The minimum Gasteiger partial charge on any atom is -0.376 e. The van der Waals surface area contributed by atoms with Crippen LogP contribution in [0.4, 0.5) is 16.2 Å². The number of nitrogens with zero attached hydrogens (tertiary/aromatic N) is 3. The van der Waals surface area contributed by atoms with Gasteiger partial charge in [-0.3, -0.25) is 14.5 Å². The molecule has 0 radical (unpaired) electrons. The number of imide groups is 1. The third-order valence-corrected chi connectivity index (χ3v) is 3.55. The number of nitrogens with one attached hydrogen (secondary N) is 1. The van der Waals surface area contributed by atoms with Crippen LogP contribution >= 0.6 is 11.6 Å². The second-order valence-electron chi connectivity index (χ2n) is 5.23. The van der Waals surface area contributed by atoms with Gasteiger partial charge in [0.1, 0.15) is 13.1 Å². The number of hydrogen-bond donors (Lipinski definition) is 1. The van der Waals surface area contributed by atoms with Crippen molar-refractivity contribution in [1.82, 2.24) is 9.80 Å². The van der Waals surface area contributed by atoms with Crippen LogP contribution in [0.15, 0.2) is 18.2 Å². The lowest BCUT2D eigenvalue weighted by atomic mass is 10.2. The molecule has 1 aliphatic rings. The van der Waals surface area contributed by atoms with Gasteiger partial charge in [-0.2, -0.15) is 0 Å². The molecule has 7 nitrogen and oxygen atoms in total. The zero-order valence-electron chi connectivity index (χ0n) is 12.6. The number of carbonyl (C=O) groups is 3. The minimum absolute atomic E-state index is 0.00449. The molecule has 4 amide bonds. The highest BCUT2D eigenvalue weighted by molar-refractivity contribution is 6.33. The second-order valence-corrected chi connectivity index (χ2v) is 5.63. The first kappa shape index (κ1) is 16.1. The molecular formula is C14H17ClN4O3. The lowest BCUT2D eigenvalue weighted by molar-refractivity contribution is -0.129. The largest absolute Gasteiger partial charge is 0.376 e. The predicted octanol–water partition coefficient (Wildman–Crippen LogP) is 1.24. The maximum Gasteiger partial charge on any atom is 0.327 e. The van der Waals surface area contributed by atoms with E-state index in [0.717, 1.165) is 10.6 Å². The quantitative estimate of drug-likeness (QED) is 0.846. The normalized spacial score (nSPS) is 14.5. The predicted molar refractivity (Wildman–Crippen MR) is 84.1 cm³/mol. The van der Waals surface area contributed by atoms with E-state index in [1.807, 2.05) is 19.0 Å². The molecule has 1 aromatic carbocycles. The number of amides is 4. The Morgan fingerprint density at radius 1 is 1.36 bits per heavy atom. The van der Waals surface area contributed by atoms with Crippen molar-refractivity contribution in [1.29, 1.82) is 0 Å². The van der Waals surface area contributed by atoms with E-state index in [2.05, 4.69) is 5.32 Å². The number of anilines is 2. The molecule has 0 spiro atoms. The van der Waals surface area contributed by atoms with Crippen molar-refractivity contribution < 1.29 is 14.4 Å². The number of likely N-dealkylation sites (N-methyl/N-ethyl adjacent to an activating group) is 1. The molecule has 1 heterocycles. The third-order valence-electron chi connectivity index (χ3n) is 3.25. The van der Waals surface area contributed by atoms with Crippen molar-refractivity contribution in [3.8, 4) is 0 Å². The Bertz CT molecular complexity index is 633. The van der Waals surface area contributed by atoms with Gasteiger partial charge in [0.15, 0.2) is 0 Å². The van der Waals surface area contributed by atoms with Crippen molar-refractivity contribution >= 4 is 40.8 Å². The van der Waals surface area contributed by atoms with Crippen LogP contribution in [-0.4, -0.2) is 61.9 Å². The zero-order valence-corrected chi connectivity index (χ0v) is 13.3. The third kappa shape index (κ3) is 3.30. The summed E-state index contributed by atoms with van der Waals surface area (Å²) in [7, 11) is 5.24. The van der Waals surface area contributed by atoms with Gasteiger partial charge in [-0.05, 0) is 18.2 Å². The topological polar surface area (TPSA) is 73.0 Å². The highest BCUT2D eigenvalue weighted by atomic mass is 35.5. The van der Waals surface area contributed by atoms with E-state index in [1.165, 1.54) is 11.9 Å². The van der Waals surface area contributed by atoms with Gasteiger partial charge in [0.2, 0.25) is 5.91 Å². The van der Waals surface area contributed by atoms with Crippen molar-refractivity contribution in [3.63, 3.8) is 0 Å². The highest BCUT2D eigenvalue weighted by Crippen LogP contribution is 2.27. The summed E-state index contributed by atoms with van der Waals surface area (Å²) >= 11 is 6.13. The highest BCUT2D eigenvalue weighted by Gasteiger charge is 2.34. The van der Waals surface area contributed by atoms with Gasteiger partial charge in [-0.25, -0.2) is 4.79 Å². The van der Waals surface area contributed by atoms with Gasteiger partial charge in [-0.1, -0.05) is 11.6 Å². The van der Waals surface area contributed by atoms with E-state index in [-0.39, 0.29) is 19.0 Å². The van der Waals surface area contributed by atoms with E-state index in [0.29, 0.717) is 10.7 Å². The van der Waals surface area contributed by atoms with E-state index in [4.69, 9.17) is 11.6 Å². The van der Waals surface area contributed by atoms with Crippen LogP contribution < -0.4 is 10.2 Å². The van der Waals surface area contributed by atoms with E-state index >= 15 is 0 Å². The summed E-state index contributed by atoms with van der Waals surface area (Å²) in [6.07, 6.45) is 0. The minimum atomic E-state index is -0.471. The molecule has 0 unspecified atom stereocenters. The molecule has 1 saturated heterocycles. The van der Waals surface area contributed by atoms with Gasteiger partial charge >= 0.3 is 6.03 Å². The van der Waals surface area contributed by atoms with Crippen LogP contribution in [-0.2, 0) is 9.59 Å². The molecule has 2 rings (SSSR count). The fourth-order valence-electron chi connectivity index (χ4n) is 2.12. The summed E-state index contributed by atoms with van der Waals surface area (Å²) in [4.78, 5) is 39.3. The fourth-order valence-corrected chi connectivity index (χ4v) is 2.47. The summed E-state index contributed by atoms with van der Waals surface area (Å²) in [6.45, 7) is -0.315. The summed E-state index contributed by atoms with van der Waals surface area (Å²) < 4.78 is 0. The van der Waals surface area contributed by atoms with Gasteiger partial charge in [-0.15, -0.1) is 0 Å². The number of carbonyl (C=O) groups excluding carboxylic acids is 3. The second kappa shape index (κ2) is 6.23. The maximum absolute atomic E-state index is 12.0. The van der Waals surface area contributed by atoms with E-state index < -0.39 is 11.9 Å². The monoisotopic (exact) mass is 324 g/mol. The molecule has 1 fully saturated rings. The van der Waals surface area contributed by atoms with Crippen molar-refractivity contribution in [2.45, 2.75) is 0 Å². The number of hydrogen-bond acceptors (Lipinski definition) is 4. The smallest absolute Gasteiger partial charge is 0.327 e. The van der Waals surface area contributed by atoms with E-state index in [9.17, 15) is 14.4 Å². The zero-order chi connectivity index (χ0) is 16.4. The Balaban J connectivity index is 2.02.